The molecule has 1 N–H and O–H groups in total. The average Bonchev–Trinajstić information content (AvgIpc) is 1.55. The van der Waals surface area contributed by atoms with E-state index in [9.17, 15) is 0 Å². The normalized spacial score (nSPS) is 12.3. The Bertz CT molecular complexity index is 6420. The van der Waals surface area contributed by atoms with Crippen LogP contribution in [0.5, 0.6) is 0 Å². The first-order chi connectivity index (χ1) is 57.8. The summed E-state index contributed by atoms with van der Waals surface area (Å²) in [7, 11) is 45.8. The van der Waals surface area contributed by atoms with Gasteiger partial charge in [-0.05, 0) is 160 Å². The number of thiophene rings is 2. The number of halogens is 1. The molecule has 0 bridgehead atoms. The molecule has 551 valence electrons. The number of anilines is 2. The summed E-state index contributed by atoms with van der Waals surface area (Å²) < 4.78 is 6.47. The standard InChI is InChI=1S/C50H34S.C31H23N.C18H11BrS.2CH4.B15.H2/c1-4-14-34(15-5-1)37-26-30-43-44-31-27-38(33-48(44)51-47(43)32-37)49(35-16-6-2-7-17-35)36-24-28-40(29-25-36)50(39-18-8-3-9-19-39)45-22-12-10-20-41(45)42-21-11-13-23-46(42)50;1-3-11-23(12-4-1)31(24-19-21-26(22-20-24)32-25-13-5-2-6-14-25)29-17-9-7-15-27(29)28-16-8-10-18-30(28)31;19-14-7-9-16-15-8-6-13(12-4-2-1-3-5-12)10-17(15)20-18(16)11-14;;;1-9-13(8)15(12(6)7)14(10(2)3)11(4)5;/h1-33,49H;1-22,32H;1-11H;2*1H4;;1H/i;;;;;;1+1. The highest BCUT2D eigenvalue weighted by molar-refractivity contribution is 9.10. The van der Waals surface area contributed by atoms with E-state index in [0.29, 0.717) is 0 Å². The maximum atomic E-state index is 5.73. The van der Waals surface area contributed by atoms with E-state index in [4.69, 9.17) is 61.9 Å². The molecule has 120 heavy (non-hydrogen) atoms. The third-order valence-corrected chi connectivity index (χ3v) is 26.2. The van der Waals surface area contributed by atoms with E-state index in [1.807, 2.05) is 40.9 Å². The van der Waals surface area contributed by atoms with Gasteiger partial charge in [-0.1, -0.05) is 377 Å². The average molecular weight is 1610 g/mol. The summed E-state index contributed by atoms with van der Waals surface area (Å²) in [5.74, 6) is 0.102. The lowest BCUT2D eigenvalue weighted by Crippen LogP contribution is -2.73. The van der Waals surface area contributed by atoms with Crippen molar-refractivity contribution >= 4 is 198 Å². The number of rotatable bonds is 17. The van der Waals surface area contributed by atoms with Crippen LogP contribution in [-0.2, 0) is 10.8 Å². The van der Waals surface area contributed by atoms with Crippen molar-refractivity contribution in [2.75, 3.05) is 5.32 Å². The van der Waals surface area contributed by atoms with Crippen molar-refractivity contribution < 1.29 is 1.43 Å². The molecule has 2 heterocycles. The summed E-state index contributed by atoms with van der Waals surface area (Å²) in [6.45, 7) is 0. The Hall–Kier alpha value is -10.8. The molecule has 0 amide bonds. The molecule has 16 aromatic carbocycles. The molecule has 0 saturated heterocycles. The van der Waals surface area contributed by atoms with Gasteiger partial charge in [0.25, 0.3) is 0 Å². The van der Waals surface area contributed by atoms with Gasteiger partial charge in [-0.2, -0.15) is 0 Å². The fraction of sp³-hybridized carbons (Fsp3) is 0.0495. The summed E-state index contributed by atoms with van der Waals surface area (Å²) >= 11 is 7.30. The van der Waals surface area contributed by atoms with Crippen LogP contribution in [0, 0.1) is 0 Å². The van der Waals surface area contributed by atoms with Gasteiger partial charge in [-0.15, -0.1) is 22.7 Å². The summed E-state index contributed by atoms with van der Waals surface area (Å²) in [5, 5.41) is 8.84. The van der Waals surface area contributed by atoms with Gasteiger partial charge in [-0.25, -0.2) is 0 Å². The second-order valence-electron chi connectivity index (χ2n) is 30.4. The first-order valence-electron chi connectivity index (χ1n) is 39.9. The molecule has 1 nitrogen and oxygen atoms in total. The predicted molar refractivity (Wildman–Crippen MR) is 544 cm³/mol. The maximum Gasteiger partial charge on any atom is 0.0713 e. The van der Waals surface area contributed by atoms with Gasteiger partial charge in [0.05, 0.1) is 10.8 Å². The summed E-state index contributed by atoms with van der Waals surface area (Å²) in [4.78, 5) is 0. The first kappa shape index (κ1) is 84.2. The van der Waals surface area contributed by atoms with Crippen LogP contribution in [0.15, 0.2) is 405 Å². The van der Waals surface area contributed by atoms with Crippen LogP contribution in [0.3, 0.4) is 0 Å². The number of hydrogen-bond acceptors (Lipinski definition) is 3. The van der Waals surface area contributed by atoms with Crippen molar-refractivity contribution in [3.05, 3.63) is 466 Å². The van der Waals surface area contributed by atoms with Gasteiger partial charge in [-0.3, -0.25) is 0 Å². The van der Waals surface area contributed by atoms with Crippen LogP contribution in [0.4, 0.5) is 11.4 Å². The smallest absolute Gasteiger partial charge is 0.0713 e. The van der Waals surface area contributed by atoms with Crippen LogP contribution < -0.4 is 5.32 Å². The lowest BCUT2D eigenvalue weighted by Gasteiger charge is -2.35. The first-order valence-corrected chi connectivity index (χ1v) is 42.3. The molecule has 18 aromatic rings. The Morgan fingerprint density at radius 2 is 0.600 bits per heavy atom. The van der Waals surface area contributed by atoms with Crippen LogP contribution in [-0.4, -0.2) is 107 Å². The third-order valence-electron chi connectivity index (χ3n) is 23.4. The van der Waals surface area contributed by atoms with Gasteiger partial charge in [0.1, 0.15) is 0 Å². The van der Waals surface area contributed by atoms with E-state index in [2.05, 4.69) is 403 Å². The highest BCUT2D eigenvalue weighted by Gasteiger charge is 2.48. The van der Waals surface area contributed by atoms with Gasteiger partial charge >= 0.3 is 0 Å². The van der Waals surface area contributed by atoms with E-state index in [0.717, 1.165) is 15.8 Å². The molecule has 0 saturated carbocycles. The zero-order valence-corrected chi connectivity index (χ0v) is 68.3. The van der Waals surface area contributed by atoms with Crippen LogP contribution >= 0.6 is 38.6 Å². The third kappa shape index (κ3) is 16.4. The number of benzene rings is 16. The number of para-hydroxylation sites is 1. The zero-order valence-electron chi connectivity index (χ0n) is 65.0. The monoisotopic (exact) mass is 1610 g/mol. The highest BCUT2D eigenvalue weighted by Crippen LogP contribution is 2.58. The van der Waals surface area contributed by atoms with Crippen molar-refractivity contribution in [2.24, 2.45) is 0 Å². The van der Waals surface area contributed by atoms with E-state index in [-0.39, 0.29) is 27.6 Å². The van der Waals surface area contributed by atoms with Crippen molar-refractivity contribution in [1.29, 1.82) is 0 Å². The minimum Gasteiger partial charge on any atom is -0.356 e. The number of fused-ring (bicyclic) bond motifs is 12. The van der Waals surface area contributed by atoms with Gasteiger partial charge in [0, 0.05) is 171 Å². The molecule has 0 aliphatic heterocycles. The van der Waals surface area contributed by atoms with E-state index < -0.39 is 43.7 Å². The molecule has 1 unspecified atom stereocenters. The van der Waals surface area contributed by atoms with Crippen LogP contribution in [0.2, 0.25) is 0 Å². The van der Waals surface area contributed by atoms with Gasteiger partial charge < -0.3 is 5.32 Å². The molecule has 0 fully saturated rings. The second kappa shape index (κ2) is 37.5. The van der Waals surface area contributed by atoms with Crippen LogP contribution in [0.1, 0.15) is 83.4 Å². The Kier molecular flexibility index (Phi) is 26.3. The minimum absolute atomic E-state index is 0. The van der Waals surface area contributed by atoms with Crippen molar-refractivity contribution in [1.82, 2.24) is 0 Å². The summed E-state index contributed by atoms with van der Waals surface area (Å²) in [5.41, 5.74) is 26.2. The molecule has 1 atom stereocenters. The molecule has 19 heteroatoms. The lowest BCUT2D eigenvalue weighted by molar-refractivity contribution is 0.767. The fourth-order valence-electron chi connectivity index (χ4n) is 18.1. The summed E-state index contributed by atoms with van der Waals surface area (Å²) in [6.07, 6.45) is -3.77. The SMILES string of the molecule is Brc1ccc2c(c1)sc1cc(-c3ccccc3)ccc12.C.C.[2HH].[B][B]B([B])B(B([B])[B])B(B([B])[B])B([B])[B].c1ccc(-c2ccc3c(c2)sc2cc(C(c4ccccc4)c4ccc(C5(c6ccccc6)c6ccccc6-c6ccccc65)cc4)ccc23)cc1.c1ccc(Nc2ccc(C3(c4ccccc4)c4ccccc4-c4ccccc43)cc2)cc1. The van der Waals surface area contributed by atoms with Gasteiger partial charge in [0.2, 0.25) is 0 Å². The molecular formula is C101H78B15BrNS2. The molecule has 20 rings (SSSR count). The molecular weight excluding hydrogens is 1530 g/mol. The maximum absolute atomic E-state index is 5.73. The van der Waals surface area contributed by atoms with E-state index >= 15 is 0 Å². The Morgan fingerprint density at radius 3 is 1.01 bits per heavy atom. The van der Waals surface area contributed by atoms with Crippen molar-refractivity contribution in [3.8, 4) is 44.5 Å². The highest BCUT2D eigenvalue weighted by atomic mass is 79.9. The second-order valence-corrected chi connectivity index (χ2v) is 33.4. The molecule has 2 aliphatic rings. The molecule has 0 spiro atoms. The number of hydrogen-bond donors (Lipinski definition) is 1. The molecule has 17 radical (unpaired) electrons. The Balaban J connectivity index is 0.000000146. The topological polar surface area (TPSA) is 12.0 Å². The van der Waals surface area contributed by atoms with Gasteiger partial charge in [0.15, 0.2) is 0 Å². The lowest BCUT2D eigenvalue weighted by atomic mass is 8.46. The van der Waals surface area contributed by atoms with Crippen molar-refractivity contribution in [2.45, 2.75) is 31.6 Å². The summed E-state index contributed by atoms with van der Waals surface area (Å²) in [6, 6.07) is 146. The molecule has 2 aliphatic carbocycles. The molecule has 2 aromatic heterocycles. The van der Waals surface area contributed by atoms with Crippen LogP contribution in [0.25, 0.3) is 84.9 Å². The number of nitrogens with one attached hydrogen (secondary N) is 1. The fourth-order valence-corrected chi connectivity index (χ4v) is 21.0. The quantitative estimate of drug-likeness (QED) is 0.0708. The Morgan fingerprint density at radius 1 is 0.292 bits per heavy atom. The zero-order chi connectivity index (χ0) is 80.9. The largest absolute Gasteiger partial charge is 0.356 e. The minimum atomic E-state index is -0.754. The van der Waals surface area contributed by atoms with E-state index in [1.54, 1.807) is 0 Å². The van der Waals surface area contributed by atoms with E-state index in [1.165, 1.54) is 153 Å². The van der Waals surface area contributed by atoms with Crippen molar-refractivity contribution in [3.63, 3.8) is 0 Å². The Labute approximate surface area is 740 Å². The predicted octanol–water partition coefficient (Wildman–Crippen LogP) is 23.3.